The van der Waals surface area contributed by atoms with Gasteiger partial charge in [0.2, 0.25) is 0 Å². The molecule has 0 unspecified atom stereocenters. The maximum Gasteiger partial charge on any atom is 0.0713 e. The summed E-state index contributed by atoms with van der Waals surface area (Å²) in [5.41, 5.74) is 2.80. The number of hydrogen-bond acceptors (Lipinski definition) is 3. The van der Waals surface area contributed by atoms with E-state index >= 15 is 0 Å². The van der Waals surface area contributed by atoms with Crippen molar-refractivity contribution >= 4 is 0 Å². The highest BCUT2D eigenvalue weighted by atomic mass is 16.5. The zero-order chi connectivity index (χ0) is 13.7. The second kappa shape index (κ2) is 6.51. The molecule has 1 aromatic carbocycles. The Morgan fingerprint density at radius 3 is 2.26 bits per heavy atom. The minimum Gasteiger partial charge on any atom is -0.380 e. The minimum absolute atomic E-state index is 0.187. The van der Waals surface area contributed by atoms with E-state index in [9.17, 15) is 0 Å². The summed E-state index contributed by atoms with van der Waals surface area (Å²) in [5.74, 6) is 0. The van der Waals surface area contributed by atoms with Crippen molar-refractivity contribution in [2.45, 2.75) is 32.4 Å². The molecule has 0 aromatic heterocycles. The third kappa shape index (κ3) is 4.03. The first-order chi connectivity index (χ1) is 9.12. The van der Waals surface area contributed by atoms with Crippen LogP contribution in [0.5, 0.6) is 0 Å². The van der Waals surface area contributed by atoms with E-state index in [2.05, 4.69) is 43.0 Å². The van der Waals surface area contributed by atoms with Crippen molar-refractivity contribution in [3.8, 4) is 0 Å². The van der Waals surface area contributed by atoms with Gasteiger partial charge in [0.1, 0.15) is 0 Å². The monoisotopic (exact) mass is 263 g/mol. The molecule has 3 heteroatoms. The first-order valence-corrected chi connectivity index (χ1v) is 7.01. The molecule has 1 heterocycles. The summed E-state index contributed by atoms with van der Waals surface area (Å²) >= 11 is 0. The van der Waals surface area contributed by atoms with Crippen molar-refractivity contribution in [2.75, 3.05) is 33.4 Å². The Bertz CT molecular complexity index is 380. The van der Waals surface area contributed by atoms with Gasteiger partial charge in [-0.3, -0.25) is 4.90 Å². The lowest BCUT2D eigenvalue weighted by molar-refractivity contribution is -0.00984. The summed E-state index contributed by atoms with van der Waals surface area (Å²) in [6.07, 6.45) is 1.07. The number of methoxy groups -OCH3 is 1. The summed E-state index contributed by atoms with van der Waals surface area (Å²) in [4.78, 5) is 2.53. The van der Waals surface area contributed by atoms with Gasteiger partial charge in [0.05, 0.1) is 19.8 Å². The van der Waals surface area contributed by atoms with Gasteiger partial charge in [0, 0.05) is 25.7 Å². The topological polar surface area (TPSA) is 21.7 Å². The second-order valence-electron chi connectivity index (χ2n) is 5.84. The van der Waals surface area contributed by atoms with Gasteiger partial charge in [-0.2, -0.15) is 0 Å². The largest absolute Gasteiger partial charge is 0.380 e. The molecule has 0 radical (unpaired) electrons. The third-order valence-electron chi connectivity index (χ3n) is 3.84. The number of hydrogen-bond donors (Lipinski definition) is 0. The lowest BCUT2D eigenvalue weighted by Crippen LogP contribution is -2.51. The van der Waals surface area contributed by atoms with Crippen LogP contribution in [0, 0.1) is 0 Å². The Labute approximate surface area is 116 Å². The van der Waals surface area contributed by atoms with Gasteiger partial charge in [-0.25, -0.2) is 0 Å². The molecule has 3 nitrogen and oxygen atoms in total. The highest BCUT2D eigenvalue weighted by Gasteiger charge is 2.28. The molecule has 19 heavy (non-hydrogen) atoms. The van der Waals surface area contributed by atoms with E-state index in [1.807, 2.05) is 0 Å². The number of nitrogens with zero attached hydrogens (tertiary/aromatic N) is 1. The van der Waals surface area contributed by atoms with Crippen LogP contribution in [0.1, 0.15) is 25.0 Å². The van der Waals surface area contributed by atoms with Gasteiger partial charge in [-0.05, 0) is 31.4 Å². The fourth-order valence-electron chi connectivity index (χ4n) is 2.70. The molecule has 106 valence electrons. The Balaban J connectivity index is 1.98. The summed E-state index contributed by atoms with van der Waals surface area (Å²) < 4.78 is 10.6. The van der Waals surface area contributed by atoms with Crippen LogP contribution in [0.25, 0.3) is 0 Å². The fraction of sp³-hybridized carbons (Fsp3) is 0.625. The molecular weight excluding hydrogens is 238 g/mol. The quantitative estimate of drug-likeness (QED) is 0.814. The first-order valence-electron chi connectivity index (χ1n) is 7.01. The molecule has 1 aliphatic rings. The van der Waals surface area contributed by atoms with E-state index < -0.39 is 0 Å². The van der Waals surface area contributed by atoms with Crippen LogP contribution >= 0.6 is 0 Å². The molecule has 0 atom stereocenters. The van der Waals surface area contributed by atoms with Crippen LogP contribution < -0.4 is 0 Å². The maximum atomic E-state index is 5.43. The highest BCUT2D eigenvalue weighted by molar-refractivity contribution is 5.23. The van der Waals surface area contributed by atoms with Crippen LogP contribution in [0.2, 0.25) is 0 Å². The maximum absolute atomic E-state index is 5.43. The Morgan fingerprint density at radius 2 is 1.68 bits per heavy atom. The molecule has 0 amide bonds. The highest BCUT2D eigenvalue weighted by Crippen LogP contribution is 2.22. The van der Waals surface area contributed by atoms with E-state index in [4.69, 9.17) is 9.47 Å². The first kappa shape index (κ1) is 14.5. The number of morpholine rings is 1. The molecule has 1 fully saturated rings. The second-order valence-corrected chi connectivity index (χ2v) is 5.84. The molecule has 0 N–H and O–H groups in total. The van der Waals surface area contributed by atoms with Crippen LogP contribution in [0.15, 0.2) is 24.3 Å². The van der Waals surface area contributed by atoms with Crippen LogP contribution in [0.3, 0.4) is 0 Å². The van der Waals surface area contributed by atoms with Gasteiger partial charge < -0.3 is 9.47 Å². The SMILES string of the molecule is COCc1ccc(CC(C)(C)N2CCOCC2)cc1. The molecule has 1 aromatic rings. The molecule has 1 saturated heterocycles. The van der Waals surface area contributed by atoms with Crippen LogP contribution in [-0.4, -0.2) is 43.9 Å². The van der Waals surface area contributed by atoms with Crippen molar-refractivity contribution in [3.63, 3.8) is 0 Å². The zero-order valence-electron chi connectivity index (χ0n) is 12.3. The van der Waals surface area contributed by atoms with Gasteiger partial charge in [-0.1, -0.05) is 24.3 Å². The van der Waals surface area contributed by atoms with Gasteiger partial charge in [0.15, 0.2) is 0 Å². The number of rotatable bonds is 5. The Hall–Kier alpha value is -0.900. The normalized spacial score (nSPS) is 17.6. The zero-order valence-corrected chi connectivity index (χ0v) is 12.3. The lowest BCUT2D eigenvalue weighted by atomic mass is 9.92. The predicted molar refractivity (Wildman–Crippen MR) is 77.3 cm³/mol. The average Bonchev–Trinajstić information content (AvgIpc) is 2.42. The summed E-state index contributed by atoms with van der Waals surface area (Å²) in [6, 6.07) is 8.76. The smallest absolute Gasteiger partial charge is 0.0713 e. The van der Waals surface area contributed by atoms with Crippen molar-refractivity contribution in [3.05, 3.63) is 35.4 Å². The van der Waals surface area contributed by atoms with E-state index in [0.717, 1.165) is 32.7 Å². The molecular formula is C16H25NO2. The van der Waals surface area contributed by atoms with Gasteiger partial charge >= 0.3 is 0 Å². The van der Waals surface area contributed by atoms with Crippen LogP contribution in [-0.2, 0) is 22.5 Å². The average molecular weight is 263 g/mol. The molecule has 0 bridgehead atoms. The van der Waals surface area contributed by atoms with Crippen molar-refractivity contribution in [2.24, 2.45) is 0 Å². The van der Waals surface area contributed by atoms with E-state index in [0.29, 0.717) is 6.61 Å². The van der Waals surface area contributed by atoms with E-state index in [-0.39, 0.29) is 5.54 Å². The molecule has 1 aliphatic heterocycles. The van der Waals surface area contributed by atoms with Gasteiger partial charge in [0.25, 0.3) is 0 Å². The summed E-state index contributed by atoms with van der Waals surface area (Å²) in [5, 5.41) is 0. The van der Waals surface area contributed by atoms with Crippen LogP contribution in [0.4, 0.5) is 0 Å². The summed E-state index contributed by atoms with van der Waals surface area (Å²) in [7, 11) is 1.73. The Kier molecular flexibility index (Phi) is 4.97. The van der Waals surface area contributed by atoms with Gasteiger partial charge in [-0.15, -0.1) is 0 Å². The number of ether oxygens (including phenoxy) is 2. The lowest BCUT2D eigenvalue weighted by Gasteiger charge is -2.41. The number of benzene rings is 1. The molecule has 0 spiro atoms. The fourth-order valence-corrected chi connectivity index (χ4v) is 2.70. The summed E-state index contributed by atoms with van der Waals surface area (Å²) in [6.45, 7) is 9.12. The van der Waals surface area contributed by atoms with E-state index in [1.165, 1.54) is 11.1 Å². The minimum atomic E-state index is 0.187. The van der Waals surface area contributed by atoms with Crippen molar-refractivity contribution in [1.82, 2.24) is 4.90 Å². The van der Waals surface area contributed by atoms with E-state index in [1.54, 1.807) is 7.11 Å². The third-order valence-corrected chi connectivity index (χ3v) is 3.84. The molecule has 0 saturated carbocycles. The molecule has 0 aliphatic carbocycles. The predicted octanol–water partition coefficient (Wildman–Crippen LogP) is 2.49. The van der Waals surface area contributed by atoms with Crippen molar-refractivity contribution in [1.29, 1.82) is 0 Å². The molecule has 2 rings (SSSR count). The van der Waals surface area contributed by atoms with Crippen molar-refractivity contribution < 1.29 is 9.47 Å². The Morgan fingerprint density at radius 1 is 1.11 bits per heavy atom. The standard InChI is InChI=1S/C16H25NO2/c1-16(2,17-8-10-19-11-9-17)12-14-4-6-15(7-5-14)13-18-3/h4-7H,8-13H2,1-3H3.